The second-order valence-electron chi connectivity index (χ2n) is 7.11. The third-order valence-corrected chi connectivity index (χ3v) is 5.42. The molecule has 0 unspecified atom stereocenters. The molecule has 0 saturated heterocycles. The van der Waals surface area contributed by atoms with Crippen LogP contribution in [0, 0.1) is 6.92 Å². The van der Waals surface area contributed by atoms with Crippen LogP contribution in [0.25, 0.3) is 44.8 Å². The van der Waals surface area contributed by atoms with Crippen molar-refractivity contribution in [2.45, 2.75) is 20.8 Å². The molecule has 0 aromatic heterocycles. The minimum atomic E-state index is 1.07. The molecule has 0 heterocycles. The molecule has 0 spiro atoms. The summed E-state index contributed by atoms with van der Waals surface area (Å²) in [6.07, 6.45) is 4.27. The van der Waals surface area contributed by atoms with Crippen LogP contribution >= 0.6 is 0 Å². The SMILES string of the molecule is C=c1cccc(-c2c(C)c3ccccc3c3ccccc23)c1=C(C)C=CC. The summed E-state index contributed by atoms with van der Waals surface area (Å²) in [7, 11) is 0. The second kappa shape index (κ2) is 6.89. The Morgan fingerprint density at radius 3 is 2.04 bits per heavy atom. The van der Waals surface area contributed by atoms with Crippen LogP contribution in [0.1, 0.15) is 19.4 Å². The Morgan fingerprint density at radius 1 is 0.778 bits per heavy atom. The lowest BCUT2D eigenvalue weighted by molar-refractivity contribution is 1.45. The van der Waals surface area contributed by atoms with Gasteiger partial charge in [-0.25, -0.2) is 0 Å². The Morgan fingerprint density at radius 2 is 1.37 bits per heavy atom. The smallest absolute Gasteiger partial charge is 0.00634 e. The zero-order valence-corrected chi connectivity index (χ0v) is 16.2. The van der Waals surface area contributed by atoms with Gasteiger partial charge in [0, 0.05) is 0 Å². The Hall–Kier alpha value is -3.12. The first-order valence-corrected chi connectivity index (χ1v) is 9.45. The first-order valence-electron chi connectivity index (χ1n) is 9.45. The summed E-state index contributed by atoms with van der Waals surface area (Å²) in [5.41, 5.74) is 5.14. The van der Waals surface area contributed by atoms with Crippen LogP contribution in [0.3, 0.4) is 0 Å². The summed E-state index contributed by atoms with van der Waals surface area (Å²) in [6.45, 7) is 10.8. The minimum absolute atomic E-state index is 1.07. The van der Waals surface area contributed by atoms with Gasteiger partial charge in [-0.05, 0) is 75.0 Å². The summed E-state index contributed by atoms with van der Waals surface area (Å²) in [4.78, 5) is 0. The van der Waals surface area contributed by atoms with Crippen molar-refractivity contribution in [2.75, 3.05) is 0 Å². The predicted molar refractivity (Wildman–Crippen MR) is 120 cm³/mol. The molecule has 0 nitrogen and oxygen atoms in total. The lowest BCUT2D eigenvalue weighted by atomic mass is 9.87. The zero-order valence-electron chi connectivity index (χ0n) is 16.2. The Balaban J connectivity index is 2.29. The normalized spacial score (nSPS) is 12.9. The van der Waals surface area contributed by atoms with Crippen molar-refractivity contribution in [3.05, 3.63) is 94.9 Å². The summed E-state index contributed by atoms with van der Waals surface area (Å²) in [6, 6.07) is 23.9. The monoisotopic (exact) mass is 348 g/mol. The van der Waals surface area contributed by atoms with Crippen LogP contribution in [0.5, 0.6) is 0 Å². The third kappa shape index (κ3) is 2.78. The van der Waals surface area contributed by atoms with Crippen LogP contribution < -0.4 is 10.4 Å². The molecule has 0 bridgehead atoms. The van der Waals surface area contributed by atoms with Gasteiger partial charge in [-0.3, -0.25) is 0 Å². The molecule has 0 radical (unpaired) electrons. The van der Waals surface area contributed by atoms with E-state index in [4.69, 9.17) is 0 Å². The lowest BCUT2D eigenvalue weighted by Gasteiger charge is -2.16. The van der Waals surface area contributed by atoms with Crippen LogP contribution in [0.4, 0.5) is 0 Å². The van der Waals surface area contributed by atoms with Crippen molar-refractivity contribution < 1.29 is 0 Å². The molecule has 0 N–H and O–H groups in total. The molecule has 4 aromatic rings. The topological polar surface area (TPSA) is 0 Å². The number of aryl methyl sites for hydroxylation is 1. The standard InChI is InChI=1S/C27H24/c1-5-11-18(2)26-19(3)12-10-17-25(26)27-20(4)21-13-6-7-14-22(21)23-15-8-9-16-24(23)27/h5-17H,3H2,1-2,4H3. The molecule has 0 fully saturated rings. The van der Waals surface area contributed by atoms with E-state index < -0.39 is 0 Å². The van der Waals surface area contributed by atoms with Crippen molar-refractivity contribution in [1.29, 1.82) is 0 Å². The van der Waals surface area contributed by atoms with Gasteiger partial charge in [0.05, 0.1) is 0 Å². The van der Waals surface area contributed by atoms with Crippen molar-refractivity contribution in [2.24, 2.45) is 0 Å². The van der Waals surface area contributed by atoms with Gasteiger partial charge in [0.25, 0.3) is 0 Å². The van der Waals surface area contributed by atoms with Crippen LogP contribution in [-0.2, 0) is 0 Å². The highest BCUT2D eigenvalue weighted by Gasteiger charge is 2.14. The van der Waals surface area contributed by atoms with E-state index in [1.54, 1.807) is 0 Å². The van der Waals surface area contributed by atoms with E-state index in [1.807, 2.05) is 0 Å². The molecule has 0 heteroatoms. The first-order chi connectivity index (χ1) is 13.1. The molecular weight excluding hydrogens is 324 g/mol. The first kappa shape index (κ1) is 17.3. The van der Waals surface area contributed by atoms with Gasteiger partial charge in [-0.1, -0.05) is 85.5 Å². The number of hydrogen-bond acceptors (Lipinski definition) is 0. The number of rotatable bonds is 2. The molecule has 0 amide bonds. The molecule has 0 aliphatic rings. The van der Waals surface area contributed by atoms with Crippen molar-refractivity contribution in [3.63, 3.8) is 0 Å². The molecule has 4 aromatic carbocycles. The largest absolute Gasteiger partial charge is 0.0911 e. The van der Waals surface area contributed by atoms with Crippen LogP contribution in [0.15, 0.2) is 78.9 Å². The van der Waals surface area contributed by atoms with Gasteiger partial charge in [0.15, 0.2) is 0 Å². The molecule has 0 aliphatic carbocycles. The van der Waals surface area contributed by atoms with E-state index >= 15 is 0 Å². The Bertz CT molecular complexity index is 1300. The van der Waals surface area contributed by atoms with E-state index in [0.29, 0.717) is 0 Å². The Labute approximate surface area is 160 Å². The highest BCUT2D eigenvalue weighted by atomic mass is 14.2. The molecule has 0 aliphatic heterocycles. The number of benzene rings is 4. The fraction of sp³-hybridized carbons (Fsp3) is 0.111. The maximum absolute atomic E-state index is 4.33. The quantitative estimate of drug-likeness (QED) is 0.383. The van der Waals surface area contributed by atoms with Gasteiger partial charge in [0.1, 0.15) is 0 Å². The summed E-state index contributed by atoms with van der Waals surface area (Å²) < 4.78 is 0. The maximum Gasteiger partial charge on any atom is -0.00634 e. The van der Waals surface area contributed by atoms with E-state index in [9.17, 15) is 0 Å². The highest BCUT2D eigenvalue weighted by molar-refractivity contribution is 6.15. The molecular formula is C27H24. The highest BCUT2D eigenvalue weighted by Crippen LogP contribution is 2.37. The third-order valence-electron chi connectivity index (χ3n) is 5.42. The fourth-order valence-corrected chi connectivity index (χ4v) is 4.27. The maximum atomic E-state index is 4.33. The fourth-order valence-electron chi connectivity index (χ4n) is 4.27. The van der Waals surface area contributed by atoms with Crippen molar-refractivity contribution >= 4 is 33.7 Å². The minimum Gasteiger partial charge on any atom is -0.0911 e. The number of allylic oxidation sites excluding steroid dienone is 2. The second-order valence-corrected chi connectivity index (χ2v) is 7.11. The van der Waals surface area contributed by atoms with E-state index in [2.05, 4.69) is 106 Å². The summed E-state index contributed by atoms with van der Waals surface area (Å²) in [5, 5.41) is 7.54. The number of hydrogen-bond donors (Lipinski definition) is 0. The van der Waals surface area contributed by atoms with Crippen LogP contribution in [0.2, 0.25) is 0 Å². The summed E-state index contributed by atoms with van der Waals surface area (Å²) in [5.74, 6) is 0. The zero-order chi connectivity index (χ0) is 19.0. The van der Waals surface area contributed by atoms with Gasteiger partial charge in [-0.2, -0.15) is 0 Å². The van der Waals surface area contributed by atoms with Crippen molar-refractivity contribution in [3.8, 4) is 11.1 Å². The van der Waals surface area contributed by atoms with Gasteiger partial charge in [-0.15, -0.1) is 0 Å². The summed E-state index contributed by atoms with van der Waals surface area (Å²) >= 11 is 0. The van der Waals surface area contributed by atoms with E-state index in [0.717, 1.165) is 5.22 Å². The average molecular weight is 348 g/mol. The lowest BCUT2D eigenvalue weighted by Crippen LogP contribution is -2.27. The predicted octanol–water partition coefficient (Wildman–Crippen LogP) is 6.13. The van der Waals surface area contributed by atoms with Gasteiger partial charge < -0.3 is 0 Å². The van der Waals surface area contributed by atoms with Gasteiger partial charge in [0.2, 0.25) is 0 Å². The van der Waals surface area contributed by atoms with Gasteiger partial charge >= 0.3 is 0 Å². The van der Waals surface area contributed by atoms with Crippen molar-refractivity contribution in [1.82, 2.24) is 0 Å². The molecule has 0 saturated carbocycles. The molecule has 27 heavy (non-hydrogen) atoms. The van der Waals surface area contributed by atoms with E-state index in [1.165, 1.54) is 49.0 Å². The van der Waals surface area contributed by atoms with Crippen LogP contribution in [-0.4, -0.2) is 0 Å². The average Bonchev–Trinajstić information content (AvgIpc) is 2.68. The Kier molecular flexibility index (Phi) is 4.41. The number of fused-ring (bicyclic) bond motifs is 3. The van der Waals surface area contributed by atoms with E-state index in [-0.39, 0.29) is 0 Å². The molecule has 132 valence electrons. The molecule has 4 rings (SSSR count). The molecule has 0 atom stereocenters.